The highest BCUT2D eigenvalue weighted by Crippen LogP contribution is 2.34. The van der Waals surface area contributed by atoms with Crippen molar-refractivity contribution in [3.63, 3.8) is 0 Å². The first-order valence-electron chi connectivity index (χ1n) is 8.93. The van der Waals surface area contributed by atoms with Crippen molar-refractivity contribution >= 4 is 29.2 Å². The van der Waals surface area contributed by atoms with Gasteiger partial charge in [0.15, 0.2) is 11.5 Å². The van der Waals surface area contributed by atoms with Crippen LogP contribution in [0.3, 0.4) is 0 Å². The Labute approximate surface area is 173 Å². The summed E-state index contributed by atoms with van der Waals surface area (Å²) in [5.41, 5.74) is 1.81. The first-order chi connectivity index (χ1) is 13.6. The van der Waals surface area contributed by atoms with Gasteiger partial charge in [0.25, 0.3) is 0 Å². The molecular weight excluding hydrogens is 401 g/mol. The summed E-state index contributed by atoms with van der Waals surface area (Å²) in [6.45, 7) is 5.88. The molecule has 0 atom stereocenters. The van der Waals surface area contributed by atoms with Crippen molar-refractivity contribution in [3.05, 3.63) is 57.6 Å². The number of tetrazole rings is 1. The zero-order valence-corrected chi connectivity index (χ0v) is 17.2. The van der Waals surface area contributed by atoms with Gasteiger partial charge in [-0.3, -0.25) is 0 Å². The third-order valence-corrected chi connectivity index (χ3v) is 4.55. The molecule has 0 fully saturated rings. The highest BCUT2D eigenvalue weighted by molar-refractivity contribution is 6.31. The summed E-state index contributed by atoms with van der Waals surface area (Å²) in [7, 11) is 0. The van der Waals surface area contributed by atoms with Gasteiger partial charge in [0.2, 0.25) is 5.95 Å². The van der Waals surface area contributed by atoms with Crippen LogP contribution in [0, 0.1) is 0 Å². The van der Waals surface area contributed by atoms with Gasteiger partial charge in [-0.05, 0) is 53.6 Å². The summed E-state index contributed by atoms with van der Waals surface area (Å²) in [4.78, 5) is 0. The van der Waals surface area contributed by atoms with Crippen molar-refractivity contribution in [1.29, 1.82) is 0 Å². The van der Waals surface area contributed by atoms with Crippen LogP contribution < -0.4 is 14.8 Å². The Morgan fingerprint density at radius 2 is 1.89 bits per heavy atom. The Morgan fingerprint density at radius 1 is 1.07 bits per heavy atom. The second-order valence-corrected chi connectivity index (χ2v) is 6.76. The molecule has 0 saturated heterocycles. The van der Waals surface area contributed by atoms with Gasteiger partial charge >= 0.3 is 0 Å². The zero-order valence-electron chi connectivity index (χ0n) is 15.7. The van der Waals surface area contributed by atoms with Crippen molar-refractivity contribution in [2.45, 2.75) is 33.5 Å². The number of benzene rings is 2. The van der Waals surface area contributed by atoms with E-state index in [2.05, 4.69) is 20.8 Å². The summed E-state index contributed by atoms with van der Waals surface area (Å²) >= 11 is 12.5. The van der Waals surface area contributed by atoms with Crippen LogP contribution in [-0.4, -0.2) is 26.8 Å². The number of nitrogens with zero attached hydrogens (tertiary/aromatic N) is 4. The SMILES string of the molecule is CCOc1cc(CNc2nnnn2CC)c(Cl)cc1OCc1cccc(Cl)c1. The number of halogens is 2. The third-order valence-electron chi connectivity index (χ3n) is 3.96. The molecule has 1 N–H and O–H groups in total. The van der Waals surface area contributed by atoms with Gasteiger partial charge in [-0.1, -0.05) is 40.4 Å². The molecule has 0 aliphatic rings. The molecule has 0 aliphatic carbocycles. The van der Waals surface area contributed by atoms with E-state index in [-0.39, 0.29) is 0 Å². The quantitative estimate of drug-likeness (QED) is 0.544. The lowest BCUT2D eigenvalue weighted by atomic mass is 10.2. The Kier molecular flexibility index (Phi) is 6.95. The lowest BCUT2D eigenvalue weighted by Crippen LogP contribution is -2.09. The summed E-state index contributed by atoms with van der Waals surface area (Å²) in [6.07, 6.45) is 0. The second-order valence-electron chi connectivity index (χ2n) is 5.91. The first kappa shape index (κ1) is 20.2. The maximum Gasteiger partial charge on any atom is 0.243 e. The van der Waals surface area contributed by atoms with E-state index < -0.39 is 0 Å². The zero-order chi connectivity index (χ0) is 19.9. The smallest absolute Gasteiger partial charge is 0.243 e. The van der Waals surface area contributed by atoms with Gasteiger partial charge in [-0.25, -0.2) is 4.68 Å². The minimum Gasteiger partial charge on any atom is -0.490 e. The minimum absolute atomic E-state index is 0.361. The number of anilines is 1. The monoisotopic (exact) mass is 421 g/mol. The summed E-state index contributed by atoms with van der Waals surface area (Å²) in [6, 6.07) is 11.1. The summed E-state index contributed by atoms with van der Waals surface area (Å²) in [5.74, 6) is 1.78. The normalized spacial score (nSPS) is 10.7. The molecule has 0 bridgehead atoms. The number of hydrogen-bond donors (Lipinski definition) is 1. The Morgan fingerprint density at radius 3 is 2.64 bits per heavy atom. The van der Waals surface area contributed by atoms with E-state index in [0.717, 1.165) is 11.1 Å². The number of aromatic nitrogens is 4. The lowest BCUT2D eigenvalue weighted by molar-refractivity contribution is 0.269. The maximum atomic E-state index is 6.47. The second kappa shape index (κ2) is 9.61. The van der Waals surface area contributed by atoms with Crippen LogP contribution in [0.4, 0.5) is 5.95 Å². The van der Waals surface area contributed by atoms with Crippen LogP contribution in [0.2, 0.25) is 10.0 Å². The first-order valence-corrected chi connectivity index (χ1v) is 9.68. The van der Waals surface area contributed by atoms with Crippen LogP contribution in [0.5, 0.6) is 11.5 Å². The maximum absolute atomic E-state index is 6.47. The van der Waals surface area contributed by atoms with E-state index >= 15 is 0 Å². The number of nitrogens with one attached hydrogen (secondary N) is 1. The molecule has 1 aromatic heterocycles. The number of aryl methyl sites for hydroxylation is 1. The van der Waals surface area contributed by atoms with E-state index in [1.165, 1.54) is 0 Å². The third kappa shape index (κ3) is 5.05. The van der Waals surface area contributed by atoms with Crippen LogP contribution in [0.15, 0.2) is 36.4 Å². The van der Waals surface area contributed by atoms with Crippen molar-refractivity contribution in [3.8, 4) is 11.5 Å². The predicted molar refractivity (Wildman–Crippen MR) is 109 cm³/mol. The molecule has 28 heavy (non-hydrogen) atoms. The molecule has 2 aromatic carbocycles. The molecule has 0 spiro atoms. The van der Waals surface area contributed by atoms with Gasteiger partial charge in [0.05, 0.1) is 6.61 Å². The highest BCUT2D eigenvalue weighted by atomic mass is 35.5. The largest absolute Gasteiger partial charge is 0.490 e. The molecule has 7 nitrogen and oxygen atoms in total. The fourth-order valence-electron chi connectivity index (χ4n) is 2.60. The van der Waals surface area contributed by atoms with Crippen molar-refractivity contribution in [1.82, 2.24) is 20.2 Å². The number of hydrogen-bond acceptors (Lipinski definition) is 6. The van der Waals surface area contributed by atoms with Gasteiger partial charge in [0.1, 0.15) is 6.61 Å². The van der Waals surface area contributed by atoms with Gasteiger partial charge in [0, 0.05) is 29.2 Å². The van der Waals surface area contributed by atoms with Crippen LogP contribution in [-0.2, 0) is 19.7 Å². The fraction of sp³-hybridized carbons (Fsp3) is 0.316. The number of rotatable bonds is 9. The molecular formula is C19H21Cl2N5O2. The van der Waals surface area contributed by atoms with Gasteiger partial charge < -0.3 is 14.8 Å². The molecule has 1 heterocycles. The van der Waals surface area contributed by atoms with E-state index in [0.29, 0.717) is 53.8 Å². The van der Waals surface area contributed by atoms with Gasteiger partial charge in [-0.2, -0.15) is 0 Å². The topological polar surface area (TPSA) is 74.1 Å². The van der Waals surface area contributed by atoms with E-state index in [4.69, 9.17) is 32.7 Å². The van der Waals surface area contributed by atoms with E-state index in [1.807, 2.05) is 44.2 Å². The average molecular weight is 422 g/mol. The Hall–Kier alpha value is -2.51. The van der Waals surface area contributed by atoms with Crippen molar-refractivity contribution < 1.29 is 9.47 Å². The molecule has 0 amide bonds. The molecule has 0 aliphatic heterocycles. The van der Waals surface area contributed by atoms with Crippen molar-refractivity contribution in [2.75, 3.05) is 11.9 Å². The standard InChI is InChI=1S/C19H21Cl2N5O2/c1-3-26-19(23-24-25-26)22-11-14-9-17(27-4-2)18(10-16(14)21)28-12-13-6-5-7-15(20)8-13/h5-10H,3-4,11-12H2,1-2H3,(H,22,23,25). The van der Waals surface area contributed by atoms with E-state index in [9.17, 15) is 0 Å². The van der Waals surface area contributed by atoms with Crippen LogP contribution in [0.25, 0.3) is 0 Å². The van der Waals surface area contributed by atoms with Crippen LogP contribution in [0.1, 0.15) is 25.0 Å². The average Bonchev–Trinajstić information content (AvgIpc) is 3.14. The fourth-order valence-corrected chi connectivity index (χ4v) is 3.03. The molecule has 0 unspecified atom stereocenters. The molecule has 3 rings (SSSR count). The summed E-state index contributed by atoms with van der Waals surface area (Å²) < 4.78 is 13.3. The summed E-state index contributed by atoms with van der Waals surface area (Å²) in [5, 5.41) is 15.9. The van der Waals surface area contributed by atoms with Crippen LogP contribution >= 0.6 is 23.2 Å². The molecule has 0 radical (unpaired) electrons. The number of ether oxygens (including phenoxy) is 2. The Balaban J connectivity index is 1.75. The van der Waals surface area contributed by atoms with E-state index in [1.54, 1.807) is 10.7 Å². The predicted octanol–water partition coefficient (Wildman–Crippen LogP) is 4.59. The van der Waals surface area contributed by atoms with Crippen molar-refractivity contribution in [2.24, 2.45) is 0 Å². The molecule has 0 saturated carbocycles. The lowest BCUT2D eigenvalue weighted by Gasteiger charge is -2.15. The Bertz CT molecular complexity index is 932. The minimum atomic E-state index is 0.361. The highest BCUT2D eigenvalue weighted by Gasteiger charge is 2.13. The molecule has 3 aromatic rings. The van der Waals surface area contributed by atoms with Gasteiger partial charge in [-0.15, -0.1) is 0 Å². The molecule has 148 valence electrons. The molecule has 9 heteroatoms.